The second-order valence-corrected chi connectivity index (χ2v) is 8.31. The summed E-state index contributed by atoms with van der Waals surface area (Å²) in [5, 5.41) is 44.5. The number of benzene rings is 1. The minimum absolute atomic E-state index is 0.0409. The van der Waals surface area contributed by atoms with Gasteiger partial charge in [-0.15, -0.1) is 10.2 Å². The summed E-state index contributed by atoms with van der Waals surface area (Å²) in [5.41, 5.74) is -2.20. The molecule has 0 spiro atoms. The maximum Gasteiger partial charge on any atom is 0.352 e. The molecular weight excluding hydrogens is 488 g/mol. The van der Waals surface area contributed by atoms with Crippen molar-refractivity contribution in [2.75, 3.05) is 19.5 Å². The number of β-lactam (4-membered cyclic amide) rings is 1. The predicted molar refractivity (Wildman–Crippen MR) is 113 cm³/mol. The van der Waals surface area contributed by atoms with Crippen LogP contribution in [0.4, 0.5) is 0 Å². The molecule has 3 atom stereocenters. The van der Waals surface area contributed by atoms with Crippen LogP contribution >= 0.6 is 11.8 Å². The van der Waals surface area contributed by atoms with E-state index in [1.165, 1.54) is 24.3 Å². The van der Waals surface area contributed by atoms with Crippen molar-refractivity contribution >= 4 is 35.5 Å². The van der Waals surface area contributed by atoms with Crippen LogP contribution in [0.2, 0.25) is 0 Å². The number of nitrogens with zero attached hydrogens (tertiary/aromatic N) is 4. The van der Waals surface area contributed by atoms with Gasteiger partial charge in [-0.25, -0.2) is 4.79 Å². The Balaban J connectivity index is 1.58. The Morgan fingerprint density at radius 1 is 1.34 bits per heavy atom. The van der Waals surface area contributed by atoms with Gasteiger partial charge in [0.15, 0.2) is 12.1 Å². The number of amides is 2. The van der Waals surface area contributed by atoms with Crippen LogP contribution in [-0.4, -0.2) is 96.0 Å². The van der Waals surface area contributed by atoms with Crippen LogP contribution in [0, 0.1) is 0 Å². The molecule has 1 aromatic heterocycles. The normalized spacial score (nSPS) is 22.3. The number of H-pyrrole nitrogens is 1. The van der Waals surface area contributed by atoms with Gasteiger partial charge in [-0.1, -0.05) is 23.9 Å². The molecule has 5 N–H and O–H groups in total. The summed E-state index contributed by atoms with van der Waals surface area (Å²) < 4.78 is 10.9. The van der Waals surface area contributed by atoms with E-state index in [4.69, 9.17) is 9.47 Å². The van der Waals surface area contributed by atoms with Crippen LogP contribution in [0.15, 0.2) is 40.7 Å². The number of hydrogen-bond acceptors (Lipinski definition) is 11. The number of fused-ring (bicyclic) bond motifs is 1. The first-order valence-electron chi connectivity index (χ1n) is 9.85. The second-order valence-electron chi connectivity index (χ2n) is 7.37. The van der Waals surface area contributed by atoms with E-state index in [1.54, 1.807) is 0 Å². The number of aromatic nitrogens is 4. The van der Waals surface area contributed by atoms with Gasteiger partial charge in [-0.2, -0.15) is 5.21 Å². The molecule has 2 amide bonds. The van der Waals surface area contributed by atoms with Crippen LogP contribution in [0.1, 0.15) is 11.5 Å². The zero-order chi connectivity index (χ0) is 25.3. The number of aromatic hydroxyl groups is 1. The van der Waals surface area contributed by atoms with Crippen molar-refractivity contribution in [1.29, 1.82) is 0 Å². The summed E-state index contributed by atoms with van der Waals surface area (Å²) in [6.45, 7) is -0.220. The first-order chi connectivity index (χ1) is 16.7. The highest BCUT2D eigenvalue weighted by atomic mass is 32.2. The summed E-state index contributed by atoms with van der Waals surface area (Å²) in [6, 6.07) is 4.92. The van der Waals surface area contributed by atoms with Gasteiger partial charge in [0.2, 0.25) is 11.1 Å². The minimum Gasteiger partial charge on any atom is -0.508 e. The molecule has 2 aliphatic rings. The van der Waals surface area contributed by atoms with Gasteiger partial charge in [0, 0.05) is 12.9 Å². The van der Waals surface area contributed by atoms with E-state index in [0.29, 0.717) is 0 Å². The van der Waals surface area contributed by atoms with Crippen LogP contribution in [-0.2, 0) is 28.7 Å². The molecular formula is C19H18N6O9S. The zero-order valence-electron chi connectivity index (χ0n) is 17.9. The first-order valence-corrected chi connectivity index (χ1v) is 10.8. The van der Waals surface area contributed by atoms with E-state index in [-0.39, 0.29) is 40.1 Å². The van der Waals surface area contributed by atoms with E-state index in [9.17, 15) is 34.5 Å². The third-order valence-corrected chi connectivity index (χ3v) is 6.30. The van der Waals surface area contributed by atoms with Gasteiger partial charge in [-0.05, 0) is 28.5 Å². The first kappa shape index (κ1) is 24.1. The number of aromatic amines is 1. The summed E-state index contributed by atoms with van der Waals surface area (Å²) >= 11 is 1.07. The zero-order valence-corrected chi connectivity index (χ0v) is 18.7. The highest BCUT2D eigenvalue weighted by Gasteiger charge is 2.68. The summed E-state index contributed by atoms with van der Waals surface area (Å²) in [5.74, 6) is -6.77. The molecule has 0 radical (unpaired) electrons. The van der Waals surface area contributed by atoms with Gasteiger partial charge in [-0.3, -0.25) is 19.3 Å². The van der Waals surface area contributed by atoms with Gasteiger partial charge < -0.3 is 30.1 Å². The topological polar surface area (TPSA) is 217 Å². The van der Waals surface area contributed by atoms with E-state index >= 15 is 0 Å². The largest absolute Gasteiger partial charge is 0.508 e. The Morgan fingerprint density at radius 2 is 2.06 bits per heavy atom. The van der Waals surface area contributed by atoms with Crippen molar-refractivity contribution in [1.82, 2.24) is 30.8 Å². The molecule has 0 saturated carbocycles. The van der Waals surface area contributed by atoms with Gasteiger partial charge in [0.25, 0.3) is 11.6 Å². The highest BCUT2D eigenvalue weighted by Crippen LogP contribution is 2.41. The Kier molecular flexibility index (Phi) is 6.42. The average Bonchev–Trinajstić information content (AvgIpc) is 3.35. The van der Waals surface area contributed by atoms with Crippen LogP contribution < -0.4 is 5.32 Å². The quantitative estimate of drug-likeness (QED) is 0.118. The Bertz CT molecular complexity index is 1200. The minimum atomic E-state index is -2.14. The number of thioether (sulfide) groups is 1. The van der Waals surface area contributed by atoms with E-state index in [0.717, 1.165) is 23.8 Å². The fourth-order valence-electron chi connectivity index (χ4n) is 3.75. The van der Waals surface area contributed by atoms with Crippen molar-refractivity contribution in [3.63, 3.8) is 0 Å². The number of carbonyl (C=O) groups excluding carboxylic acids is 2. The summed E-state index contributed by atoms with van der Waals surface area (Å²) in [6.07, 6.45) is -1.36. The molecule has 16 heteroatoms. The number of aliphatic carboxylic acids is 2. The van der Waals surface area contributed by atoms with E-state index < -0.39 is 41.6 Å². The lowest BCUT2D eigenvalue weighted by molar-refractivity contribution is -0.258. The number of ether oxygens (including phenoxy) is 2. The number of tetrazole rings is 1. The van der Waals surface area contributed by atoms with Crippen LogP contribution in [0.5, 0.6) is 5.75 Å². The third-order valence-electron chi connectivity index (χ3n) is 5.38. The van der Waals surface area contributed by atoms with E-state index in [2.05, 4.69) is 25.9 Å². The Hall–Kier alpha value is -4.02. The Morgan fingerprint density at radius 3 is 2.63 bits per heavy atom. The number of hydrogen-bond donors (Lipinski definition) is 5. The van der Waals surface area contributed by atoms with E-state index in [1.807, 2.05) is 0 Å². The Labute approximate surface area is 200 Å². The molecule has 1 aromatic carbocycles. The molecule has 1 saturated heterocycles. The van der Waals surface area contributed by atoms with Gasteiger partial charge in [0.05, 0.1) is 6.61 Å². The smallest absolute Gasteiger partial charge is 0.352 e. The maximum atomic E-state index is 13.1. The molecule has 184 valence electrons. The average molecular weight is 506 g/mol. The number of nitrogens with one attached hydrogen (secondary N) is 2. The summed E-state index contributed by atoms with van der Waals surface area (Å²) in [4.78, 5) is 50.8. The number of carboxylic acids is 2. The number of phenols is 1. The molecule has 2 aromatic rings. The number of phenolic OH excluding ortho intramolecular Hbond substituents is 1. The molecule has 15 nitrogen and oxygen atoms in total. The fourth-order valence-corrected chi connectivity index (χ4v) is 4.48. The fraction of sp³-hybridized carbons (Fsp3) is 0.316. The second kappa shape index (κ2) is 9.32. The molecule has 35 heavy (non-hydrogen) atoms. The van der Waals surface area contributed by atoms with Crippen molar-refractivity contribution in [3.05, 3.63) is 41.1 Å². The molecule has 3 heterocycles. The van der Waals surface area contributed by atoms with Crippen molar-refractivity contribution in [2.45, 2.75) is 23.0 Å². The lowest BCUT2D eigenvalue weighted by Crippen LogP contribution is -2.82. The molecule has 0 aliphatic carbocycles. The molecule has 4 rings (SSSR count). The number of methoxy groups -OCH3 is 1. The molecule has 0 bridgehead atoms. The third kappa shape index (κ3) is 4.17. The SMILES string of the molecule is CO[C@@]1(NC(=O)C(C(=O)O)c2ccc(O)cc2)C(=O)N2C(C(=O)O)=C(CSc3nn[nH]n3)CO[C@@H]21. The number of carboxylic acid groups (broad SMARTS) is 2. The molecule has 1 fully saturated rings. The number of carbonyl (C=O) groups is 4. The lowest BCUT2D eigenvalue weighted by Gasteiger charge is -2.55. The van der Waals surface area contributed by atoms with Crippen molar-refractivity contribution in [2.24, 2.45) is 0 Å². The highest BCUT2D eigenvalue weighted by molar-refractivity contribution is 7.99. The molecule has 1 unspecified atom stereocenters. The predicted octanol–water partition coefficient (Wildman–Crippen LogP) is -1.14. The molecule has 2 aliphatic heterocycles. The van der Waals surface area contributed by atoms with Gasteiger partial charge >= 0.3 is 11.9 Å². The van der Waals surface area contributed by atoms with Crippen molar-refractivity contribution < 1.29 is 44.0 Å². The summed E-state index contributed by atoms with van der Waals surface area (Å²) in [7, 11) is 1.10. The lowest BCUT2D eigenvalue weighted by atomic mass is 9.92. The monoisotopic (exact) mass is 506 g/mol. The van der Waals surface area contributed by atoms with Crippen molar-refractivity contribution in [3.8, 4) is 5.75 Å². The van der Waals surface area contributed by atoms with Gasteiger partial charge in [0.1, 0.15) is 11.4 Å². The maximum absolute atomic E-state index is 13.1. The van der Waals surface area contributed by atoms with Crippen LogP contribution in [0.3, 0.4) is 0 Å². The standard InChI is InChI=1S/C19H18N6O9S/c1-33-19(20-13(27)11(14(28)29)8-2-4-10(26)5-3-8)16(32)25-12(15(30)31)9(6-34-17(19)25)7-35-18-21-23-24-22-18/h2-5,11,17,26H,6-7H2,1H3,(H,20,27)(H,28,29)(H,30,31)(H,21,22,23,24)/t11?,17-,19+/m1/s1. The number of rotatable bonds is 9. The van der Waals surface area contributed by atoms with Crippen LogP contribution in [0.25, 0.3) is 0 Å².